The van der Waals surface area contributed by atoms with Gasteiger partial charge < -0.3 is 26.4 Å². The van der Waals surface area contributed by atoms with Crippen LogP contribution in [0.4, 0.5) is 23.1 Å². The van der Waals surface area contributed by atoms with E-state index < -0.39 is 5.60 Å². The molecule has 2 heterocycles. The standard InChI is InChI=1S/C22H22Cl2N6O2/c1-22(2)20(31)28-16-10-12(6-7-17(16)32-22)26-8-9-27-18-11-15(29-21(25)30-18)13-4-3-5-14(23)19(13)24/h3-7,10-11,26H,8-9H2,1-2H3,(H,28,31)(H3,25,27,29,30). The third kappa shape index (κ3) is 4.66. The van der Waals surface area contributed by atoms with E-state index in [0.29, 0.717) is 51.6 Å². The lowest BCUT2D eigenvalue weighted by Crippen LogP contribution is -2.45. The smallest absolute Gasteiger partial charge is 0.268 e. The van der Waals surface area contributed by atoms with E-state index in [1.807, 2.05) is 24.3 Å². The Morgan fingerprint density at radius 1 is 1.09 bits per heavy atom. The first-order chi connectivity index (χ1) is 15.2. The molecule has 166 valence electrons. The highest BCUT2D eigenvalue weighted by Gasteiger charge is 2.35. The minimum absolute atomic E-state index is 0.127. The fraction of sp³-hybridized carbons (Fsp3) is 0.227. The fourth-order valence-corrected chi connectivity index (χ4v) is 3.61. The van der Waals surface area contributed by atoms with Gasteiger partial charge in [-0.25, -0.2) is 4.98 Å². The maximum atomic E-state index is 12.1. The molecular weight excluding hydrogens is 451 g/mol. The number of carbonyl (C=O) groups is 1. The molecule has 0 unspecified atom stereocenters. The van der Waals surface area contributed by atoms with Gasteiger partial charge in [0.15, 0.2) is 5.60 Å². The Morgan fingerprint density at radius 2 is 1.88 bits per heavy atom. The van der Waals surface area contributed by atoms with E-state index in [1.165, 1.54) is 0 Å². The predicted molar refractivity (Wildman–Crippen MR) is 129 cm³/mol. The number of nitrogen functional groups attached to an aromatic ring is 1. The van der Waals surface area contributed by atoms with Gasteiger partial charge in [-0.05, 0) is 38.1 Å². The monoisotopic (exact) mass is 472 g/mol. The minimum Gasteiger partial charge on any atom is -0.476 e. The van der Waals surface area contributed by atoms with Crippen molar-refractivity contribution in [1.29, 1.82) is 0 Å². The molecular formula is C22H22Cl2N6O2. The van der Waals surface area contributed by atoms with Crippen LogP contribution in [0, 0.1) is 0 Å². The Hall–Kier alpha value is -3.23. The van der Waals surface area contributed by atoms with Crippen LogP contribution in [-0.4, -0.2) is 34.6 Å². The summed E-state index contributed by atoms with van der Waals surface area (Å²) < 4.78 is 5.75. The van der Waals surface area contributed by atoms with Gasteiger partial charge >= 0.3 is 0 Å². The minimum atomic E-state index is -0.889. The normalized spacial score (nSPS) is 14.2. The highest BCUT2D eigenvalue weighted by molar-refractivity contribution is 6.43. The summed E-state index contributed by atoms with van der Waals surface area (Å²) in [4.78, 5) is 20.6. The van der Waals surface area contributed by atoms with E-state index in [1.54, 1.807) is 32.0 Å². The van der Waals surface area contributed by atoms with Crippen molar-refractivity contribution in [3.63, 3.8) is 0 Å². The summed E-state index contributed by atoms with van der Waals surface area (Å²) in [6.45, 7) is 4.62. The number of anilines is 4. The molecule has 5 N–H and O–H groups in total. The second-order valence-electron chi connectivity index (χ2n) is 7.73. The average Bonchev–Trinajstić information content (AvgIpc) is 2.73. The van der Waals surface area contributed by atoms with E-state index in [4.69, 9.17) is 33.7 Å². The average molecular weight is 473 g/mol. The number of fused-ring (bicyclic) bond motifs is 1. The van der Waals surface area contributed by atoms with E-state index in [0.717, 1.165) is 5.69 Å². The molecule has 32 heavy (non-hydrogen) atoms. The number of nitrogens with zero attached hydrogens (tertiary/aromatic N) is 2. The zero-order valence-corrected chi connectivity index (χ0v) is 19.0. The van der Waals surface area contributed by atoms with Crippen LogP contribution in [-0.2, 0) is 4.79 Å². The van der Waals surface area contributed by atoms with Gasteiger partial charge in [0.2, 0.25) is 5.95 Å². The van der Waals surface area contributed by atoms with Crippen molar-refractivity contribution in [2.45, 2.75) is 19.4 Å². The van der Waals surface area contributed by atoms with Crippen LogP contribution < -0.4 is 26.4 Å². The van der Waals surface area contributed by atoms with Gasteiger partial charge in [-0.3, -0.25) is 4.79 Å². The summed E-state index contributed by atoms with van der Waals surface area (Å²) in [5.41, 5.74) is 7.73. The second kappa shape index (κ2) is 8.72. The number of benzene rings is 2. The van der Waals surface area contributed by atoms with Crippen LogP contribution in [0.2, 0.25) is 10.0 Å². The predicted octanol–water partition coefficient (Wildman–Crippen LogP) is 4.67. The molecule has 3 aromatic rings. The zero-order valence-electron chi connectivity index (χ0n) is 17.5. The molecule has 0 spiro atoms. The number of nitrogens with two attached hydrogens (primary N) is 1. The first-order valence-corrected chi connectivity index (χ1v) is 10.7. The lowest BCUT2D eigenvalue weighted by atomic mass is 10.1. The first-order valence-electron chi connectivity index (χ1n) is 9.94. The molecule has 1 amide bonds. The third-order valence-corrected chi connectivity index (χ3v) is 5.69. The van der Waals surface area contributed by atoms with Crippen molar-refractivity contribution in [2.24, 2.45) is 0 Å². The van der Waals surface area contributed by atoms with Crippen molar-refractivity contribution >= 4 is 52.3 Å². The number of hydrogen-bond acceptors (Lipinski definition) is 7. The molecule has 2 aromatic carbocycles. The summed E-state index contributed by atoms with van der Waals surface area (Å²) >= 11 is 12.4. The van der Waals surface area contributed by atoms with Crippen molar-refractivity contribution in [1.82, 2.24) is 9.97 Å². The number of rotatable bonds is 6. The Morgan fingerprint density at radius 3 is 2.69 bits per heavy atom. The highest BCUT2D eigenvalue weighted by atomic mass is 35.5. The quantitative estimate of drug-likeness (QED) is 0.385. The highest BCUT2D eigenvalue weighted by Crippen LogP contribution is 2.35. The Kier molecular flexibility index (Phi) is 5.99. The summed E-state index contributed by atoms with van der Waals surface area (Å²) in [6, 6.07) is 12.7. The molecule has 10 heteroatoms. The molecule has 0 aliphatic carbocycles. The molecule has 0 atom stereocenters. The molecule has 1 aliphatic heterocycles. The summed E-state index contributed by atoms with van der Waals surface area (Å²) in [5.74, 6) is 1.16. The van der Waals surface area contributed by atoms with Crippen molar-refractivity contribution < 1.29 is 9.53 Å². The number of nitrogens with one attached hydrogen (secondary N) is 3. The van der Waals surface area contributed by atoms with Crippen molar-refractivity contribution in [3.8, 4) is 17.0 Å². The van der Waals surface area contributed by atoms with Crippen molar-refractivity contribution in [2.75, 3.05) is 34.8 Å². The van der Waals surface area contributed by atoms with Gasteiger partial charge in [0.1, 0.15) is 11.6 Å². The number of carbonyl (C=O) groups excluding carboxylic acids is 1. The topological polar surface area (TPSA) is 114 Å². The molecule has 1 aromatic heterocycles. The van der Waals surface area contributed by atoms with Gasteiger partial charge in [0, 0.05) is 30.4 Å². The van der Waals surface area contributed by atoms with Gasteiger partial charge in [0.25, 0.3) is 5.91 Å². The number of amides is 1. The maximum Gasteiger partial charge on any atom is 0.268 e. The second-order valence-corrected chi connectivity index (χ2v) is 8.51. The number of aromatic nitrogens is 2. The molecule has 0 radical (unpaired) electrons. The number of ether oxygens (including phenoxy) is 1. The molecule has 4 rings (SSSR count). The largest absolute Gasteiger partial charge is 0.476 e. The molecule has 8 nitrogen and oxygen atoms in total. The van der Waals surface area contributed by atoms with Crippen LogP contribution in [0.5, 0.6) is 5.75 Å². The maximum absolute atomic E-state index is 12.1. The van der Waals surface area contributed by atoms with Gasteiger partial charge in [-0.15, -0.1) is 0 Å². The summed E-state index contributed by atoms with van der Waals surface area (Å²) in [6.07, 6.45) is 0. The summed E-state index contributed by atoms with van der Waals surface area (Å²) in [5, 5.41) is 10.2. The van der Waals surface area contributed by atoms with Crippen LogP contribution in [0.15, 0.2) is 42.5 Å². The SMILES string of the molecule is CC1(C)Oc2ccc(NCCNc3cc(-c4cccc(Cl)c4Cl)nc(N)n3)cc2NC1=O. The zero-order chi connectivity index (χ0) is 22.9. The lowest BCUT2D eigenvalue weighted by Gasteiger charge is -2.31. The Balaban J connectivity index is 1.39. The van der Waals surface area contributed by atoms with Gasteiger partial charge in [-0.1, -0.05) is 35.3 Å². The molecule has 0 saturated carbocycles. The van der Waals surface area contributed by atoms with Crippen molar-refractivity contribution in [3.05, 3.63) is 52.5 Å². The Labute approximate surface area is 195 Å². The van der Waals surface area contributed by atoms with Crippen LogP contribution in [0.1, 0.15) is 13.8 Å². The van der Waals surface area contributed by atoms with E-state index in [9.17, 15) is 4.79 Å². The fourth-order valence-electron chi connectivity index (χ4n) is 3.21. The molecule has 0 fully saturated rings. The molecule has 0 saturated heterocycles. The van der Waals surface area contributed by atoms with E-state index in [2.05, 4.69) is 25.9 Å². The van der Waals surface area contributed by atoms with Crippen LogP contribution in [0.3, 0.4) is 0 Å². The number of halogens is 2. The van der Waals surface area contributed by atoms with E-state index >= 15 is 0 Å². The first kappa shape index (κ1) is 22.0. The Bertz CT molecular complexity index is 1190. The van der Waals surface area contributed by atoms with Gasteiger partial charge in [0.05, 0.1) is 21.4 Å². The lowest BCUT2D eigenvalue weighted by molar-refractivity contribution is -0.129. The molecule has 0 bridgehead atoms. The number of hydrogen-bond donors (Lipinski definition) is 4. The third-order valence-electron chi connectivity index (χ3n) is 4.87. The summed E-state index contributed by atoms with van der Waals surface area (Å²) in [7, 11) is 0. The van der Waals surface area contributed by atoms with Crippen LogP contribution >= 0.6 is 23.2 Å². The van der Waals surface area contributed by atoms with Crippen LogP contribution in [0.25, 0.3) is 11.3 Å². The van der Waals surface area contributed by atoms with Gasteiger partial charge in [-0.2, -0.15) is 4.98 Å². The molecule has 1 aliphatic rings. The van der Waals surface area contributed by atoms with E-state index in [-0.39, 0.29) is 11.9 Å².